The lowest BCUT2D eigenvalue weighted by Gasteiger charge is -2.23. The zero-order valence-corrected chi connectivity index (χ0v) is 23.5. The minimum Gasteiger partial charge on any atom is -0.318 e. The number of nitrogens with zero attached hydrogens (tertiary/aromatic N) is 3. The molecule has 0 heterocycles. The summed E-state index contributed by atoms with van der Waals surface area (Å²) >= 11 is 0. The third-order valence-electron chi connectivity index (χ3n) is 7.12. The molecule has 0 aromatic heterocycles. The van der Waals surface area contributed by atoms with Gasteiger partial charge in [-0.3, -0.25) is 10.1 Å². The molecule has 9 nitrogen and oxygen atoms in total. The van der Waals surface area contributed by atoms with Crippen molar-refractivity contribution < 1.29 is 24.2 Å². The molecule has 0 saturated heterocycles. The fourth-order valence-corrected chi connectivity index (χ4v) is 5.21. The monoisotopic (exact) mass is 561 g/mol. The predicted octanol–water partition coefficient (Wildman–Crippen LogP) is 6.53. The summed E-state index contributed by atoms with van der Waals surface area (Å²) in [5, 5.41) is 20.7. The molecule has 42 heavy (non-hydrogen) atoms. The number of hydrogen-bond acceptors (Lipinski definition) is 8. The Kier molecular flexibility index (Phi) is 7.50. The number of oxime groups is 2. The Hall–Kier alpha value is -5.44. The van der Waals surface area contributed by atoms with E-state index in [0.29, 0.717) is 33.7 Å². The number of carbonyl (C=O) groups is 2. The maximum atomic E-state index is 12.5. The highest BCUT2D eigenvalue weighted by molar-refractivity contribution is 6.15. The summed E-state index contributed by atoms with van der Waals surface area (Å²) < 4.78 is 0. The number of fused-ring (bicyclic) bond motifs is 3. The van der Waals surface area contributed by atoms with Crippen LogP contribution in [0.4, 0.5) is 5.69 Å². The van der Waals surface area contributed by atoms with Crippen LogP contribution in [0.5, 0.6) is 0 Å². The van der Waals surface area contributed by atoms with Crippen molar-refractivity contribution in [3.8, 4) is 11.1 Å². The van der Waals surface area contributed by atoms with Gasteiger partial charge < -0.3 is 9.68 Å². The highest BCUT2D eigenvalue weighted by Gasteiger charge is 2.41. The average molecular weight is 562 g/mol. The molecule has 210 valence electrons. The minimum absolute atomic E-state index is 0.0922. The first kappa shape index (κ1) is 28.1. The fraction of sp³-hybridized carbons (Fsp3) is 0.152. The van der Waals surface area contributed by atoms with Crippen molar-refractivity contribution >= 4 is 29.0 Å². The minimum atomic E-state index is -0.673. The molecular formula is C33H27N3O6. The Balaban J connectivity index is 1.70. The summed E-state index contributed by atoms with van der Waals surface area (Å²) in [7, 11) is 0. The van der Waals surface area contributed by atoms with Gasteiger partial charge in [-0.25, -0.2) is 9.59 Å². The molecule has 0 N–H and O–H groups in total. The normalized spacial score (nSPS) is 13.6. The fourth-order valence-electron chi connectivity index (χ4n) is 5.21. The molecule has 4 aromatic carbocycles. The van der Waals surface area contributed by atoms with E-state index in [0.717, 1.165) is 22.3 Å². The van der Waals surface area contributed by atoms with Crippen LogP contribution in [-0.2, 0) is 24.7 Å². The predicted molar refractivity (Wildman–Crippen MR) is 158 cm³/mol. The Bertz CT molecular complexity index is 1780. The Morgan fingerprint density at radius 1 is 0.690 bits per heavy atom. The third kappa shape index (κ3) is 5.32. The topological polar surface area (TPSA) is 120 Å². The van der Waals surface area contributed by atoms with Crippen molar-refractivity contribution in [1.82, 2.24) is 0 Å². The van der Waals surface area contributed by atoms with Gasteiger partial charge in [0.25, 0.3) is 5.69 Å². The quantitative estimate of drug-likeness (QED) is 0.109. The van der Waals surface area contributed by atoms with Crippen molar-refractivity contribution in [2.45, 2.75) is 33.1 Å². The van der Waals surface area contributed by atoms with Gasteiger partial charge in [0.15, 0.2) is 0 Å². The van der Waals surface area contributed by atoms with Gasteiger partial charge in [0.2, 0.25) is 0 Å². The second kappa shape index (κ2) is 11.2. The summed E-state index contributed by atoms with van der Waals surface area (Å²) in [5.41, 5.74) is 5.29. The maximum Gasteiger partial charge on any atom is 0.332 e. The molecule has 0 fully saturated rings. The molecule has 0 saturated carbocycles. The smallest absolute Gasteiger partial charge is 0.318 e. The van der Waals surface area contributed by atoms with Crippen molar-refractivity contribution in [2.75, 3.05) is 0 Å². The van der Waals surface area contributed by atoms with Crippen LogP contribution < -0.4 is 0 Å². The van der Waals surface area contributed by atoms with Gasteiger partial charge >= 0.3 is 11.9 Å². The van der Waals surface area contributed by atoms with E-state index in [1.807, 2.05) is 86.6 Å². The van der Waals surface area contributed by atoms with Crippen LogP contribution in [0.3, 0.4) is 0 Å². The van der Waals surface area contributed by atoms with E-state index in [1.54, 1.807) is 12.1 Å². The van der Waals surface area contributed by atoms with Gasteiger partial charge in [-0.15, -0.1) is 0 Å². The standard InChI is InChI=1S/C33H27N3O6/c1-20(37)41-34-31(22-11-7-5-8-12-22)24-15-16-26-27(17-24)33(3,4)28-18-25(19-29(30(26)28)36(39)40)32(35-42-21(2)38)23-13-9-6-10-14-23/h5-19H,1-4H3/b34-31+,35-32+. The van der Waals surface area contributed by atoms with E-state index in [9.17, 15) is 19.7 Å². The van der Waals surface area contributed by atoms with E-state index in [-0.39, 0.29) is 5.69 Å². The molecule has 4 aromatic rings. The van der Waals surface area contributed by atoms with Crippen LogP contribution in [-0.4, -0.2) is 28.3 Å². The van der Waals surface area contributed by atoms with Crippen molar-refractivity contribution in [1.29, 1.82) is 0 Å². The summed E-state index contributed by atoms with van der Waals surface area (Å²) in [5.74, 6) is -1.16. The first-order valence-corrected chi connectivity index (χ1v) is 13.2. The Labute approximate surface area is 242 Å². The molecule has 0 bridgehead atoms. The van der Waals surface area contributed by atoms with Crippen LogP contribution in [0.15, 0.2) is 101 Å². The second-order valence-corrected chi connectivity index (χ2v) is 10.3. The lowest BCUT2D eigenvalue weighted by atomic mass is 9.80. The summed E-state index contributed by atoms with van der Waals surface area (Å²) in [6.07, 6.45) is 0. The molecule has 1 aliphatic carbocycles. The largest absolute Gasteiger partial charge is 0.332 e. The van der Waals surface area contributed by atoms with Gasteiger partial charge in [-0.1, -0.05) is 97.0 Å². The number of nitro groups is 1. The molecule has 0 atom stereocenters. The highest BCUT2D eigenvalue weighted by atomic mass is 16.7. The molecule has 0 aliphatic heterocycles. The van der Waals surface area contributed by atoms with Gasteiger partial charge in [-0.2, -0.15) is 0 Å². The maximum absolute atomic E-state index is 12.5. The van der Waals surface area contributed by atoms with Crippen molar-refractivity contribution in [3.63, 3.8) is 0 Å². The molecule has 5 rings (SSSR count). The SMILES string of the molecule is CC(=O)O/N=C(\c1ccccc1)c1ccc2c(c1)C(C)(C)c1cc(/C(=N/OC(C)=O)c3ccccc3)cc([N+](=O)[O-])c1-2. The number of hydrogen-bond donors (Lipinski definition) is 0. The first-order chi connectivity index (χ1) is 20.1. The summed E-state index contributed by atoms with van der Waals surface area (Å²) in [6.45, 7) is 6.50. The van der Waals surface area contributed by atoms with E-state index in [2.05, 4.69) is 10.3 Å². The molecule has 0 radical (unpaired) electrons. The van der Waals surface area contributed by atoms with Crippen LogP contribution >= 0.6 is 0 Å². The number of rotatable bonds is 7. The van der Waals surface area contributed by atoms with Gasteiger partial charge in [0, 0.05) is 47.6 Å². The average Bonchev–Trinajstić information content (AvgIpc) is 3.19. The van der Waals surface area contributed by atoms with Crippen molar-refractivity contribution in [3.05, 3.63) is 134 Å². The Morgan fingerprint density at radius 2 is 1.19 bits per heavy atom. The molecule has 0 unspecified atom stereocenters. The lowest BCUT2D eigenvalue weighted by molar-refractivity contribution is -0.384. The van der Waals surface area contributed by atoms with Gasteiger partial charge in [0.1, 0.15) is 11.4 Å². The van der Waals surface area contributed by atoms with Crippen LogP contribution in [0, 0.1) is 10.1 Å². The van der Waals surface area contributed by atoms with Gasteiger partial charge in [0.05, 0.1) is 10.5 Å². The first-order valence-electron chi connectivity index (χ1n) is 13.2. The van der Waals surface area contributed by atoms with Gasteiger partial charge in [-0.05, 0) is 28.8 Å². The second-order valence-electron chi connectivity index (χ2n) is 10.3. The summed E-state index contributed by atoms with van der Waals surface area (Å²) in [6, 6.07) is 27.3. The Morgan fingerprint density at radius 3 is 1.69 bits per heavy atom. The van der Waals surface area contributed by atoms with Crippen LogP contribution in [0.1, 0.15) is 61.1 Å². The molecule has 9 heteroatoms. The summed E-state index contributed by atoms with van der Waals surface area (Å²) in [4.78, 5) is 45.3. The van der Waals surface area contributed by atoms with E-state index >= 15 is 0 Å². The van der Waals surface area contributed by atoms with Crippen LogP contribution in [0.2, 0.25) is 0 Å². The highest BCUT2D eigenvalue weighted by Crippen LogP contribution is 2.53. The van der Waals surface area contributed by atoms with E-state index < -0.39 is 22.3 Å². The lowest BCUT2D eigenvalue weighted by Crippen LogP contribution is -2.17. The zero-order chi connectivity index (χ0) is 30.0. The molecule has 0 amide bonds. The zero-order valence-electron chi connectivity index (χ0n) is 23.5. The number of nitro benzene ring substituents is 1. The van der Waals surface area contributed by atoms with E-state index in [1.165, 1.54) is 19.9 Å². The molecule has 0 spiro atoms. The third-order valence-corrected chi connectivity index (χ3v) is 7.12. The van der Waals surface area contributed by atoms with Crippen LogP contribution in [0.25, 0.3) is 11.1 Å². The molecule has 1 aliphatic rings. The van der Waals surface area contributed by atoms with E-state index in [4.69, 9.17) is 9.68 Å². The number of benzene rings is 4. The number of carbonyl (C=O) groups excluding carboxylic acids is 2. The molecular weight excluding hydrogens is 534 g/mol. The van der Waals surface area contributed by atoms with Crippen molar-refractivity contribution in [2.24, 2.45) is 10.3 Å².